The lowest BCUT2D eigenvalue weighted by Gasteiger charge is -2.18. The highest BCUT2D eigenvalue weighted by molar-refractivity contribution is 9.10. The van der Waals surface area contributed by atoms with E-state index >= 15 is 0 Å². The first kappa shape index (κ1) is 18.6. The number of fused-ring (bicyclic) bond motifs is 1. The van der Waals surface area contributed by atoms with Gasteiger partial charge in [-0.15, -0.1) is 0 Å². The maximum absolute atomic E-state index is 13.8. The fraction of sp³-hybridized carbons (Fsp3) is 0.0500. The summed E-state index contributed by atoms with van der Waals surface area (Å²) < 4.78 is 14.4. The summed E-state index contributed by atoms with van der Waals surface area (Å²) in [4.78, 5) is 29.1. The van der Waals surface area contributed by atoms with Gasteiger partial charge in [-0.05, 0) is 42.5 Å². The third-order valence-corrected chi connectivity index (χ3v) is 5.20. The van der Waals surface area contributed by atoms with Gasteiger partial charge in [0.2, 0.25) is 0 Å². The second-order valence-corrected chi connectivity index (χ2v) is 7.51. The lowest BCUT2D eigenvalue weighted by Crippen LogP contribution is -2.21. The minimum Gasteiger partial charge on any atom is -0.341 e. The second kappa shape index (κ2) is 7.33. The van der Waals surface area contributed by atoms with E-state index < -0.39 is 11.9 Å². The molecule has 0 spiro atoms. The highest BCUT2D eigenvalue weighted by Crippen LogP contribution is 2.40. The van der Waals surface area contributed by atoms with Crippen molar-refractivity contribution in [1.29, 1.82) is 0 Å². The first-order valence-corrected chi connectivity index (χ1v) is 9.42. The van der Waals surface area contributed by atoms with Crippen LogP contribution in [-0.4, -0.2) is 16.8 Å². The van der Waals surface area contributed by atoms with Crippen LogP contribution in [0.4, 0.5) is 10.1 Å². The minimum absolute atomic E-state index is 0.312. The van der Waals surface area contributed by atoms with Crippen molar-refractivity contribution in [2.45, 2.75) is 6.04 Å². The van der Waals surface area contributed by atoms with Gasteiger partial charge in [0, 0.05) is 44.3 Å². The molecule has 0 fully saturated rings. The van der Waals surface area contributed by atoms with Gasteiger partial charge in [0.25, 0.3) is 11.8 Å². The van der Waals surface area contributed by atoms with Gasteiger partial charge in [0.05, 0.1) is 11.6 Å². The number of amides is 2. The highest BCUT2D eigenvalue weighted by atomic mass is 79.9. The van der Waals surface area contributed by atoms with Crippen LogP contribution >= 0.6 is 27.5 Å². The topological polar surface area (TPSA) is 71.1 Å². The number of carbonyl (C=O) groups excluding carboxylic acids is 2. The summed E-state index contributed by atoms with van der Waals surface area (Å²) in [5, 5.41) is 5.94. The van der Waals surface area contributed by atoms with Crippen LogP contribution in [0.15, 0.2) is 59.3 Å². The molecule has 1 aliphatic rings. The maximum atomic E-state index is 13.8. The smallest absolute Gasteiger partial charge is 0.257 e. The van der Waals surface area contributed by atoms with Gasteiger partial charge in [0.1, 0.15) is 5.82 Å². The maximum Gasteiger partial charge on any atom is 0.257 e. The lowest BCUT2D eigenvalue weighted by molar-refractivity contribution is 0.0959. The van der Waals surface area contributed by atoms with Crippen molar-refractivity contribution in [3.05, 3.63) is 92.4 Å². The number of benzene rings is 2. The SMILES string of the molecule is O=C(Nc1cc(Br)cc2c1C(c1cc(F)ccc1Cl)NC2=O)c1cccnc1. The summed E-state index contributed by atoms with van der Waals surface area (Å²) in [6.07, 6.45) is 3.01. The van der Waals surface area contributed by atoms with Crippen molar-refractivity contribution in [2.75, 3.05) is 5.32 Å². The Morgan fingerprint density at radius 1 is 1.25 bits per heavy atom. The van der Waals surface area contributed by atoms with Gasteiger partial charge in [-0.25, -0.2) is 4.39 Å². The predicted molar refractivity (Wildman–Crippen MR) is 107 cm³/mol. The van der Waals surface area contributed by atoms with E-state index in [-0.39, 0.29) is 11.8 Å². The van der Waals surface area contributed by atoms with Crippen LogP contribution in [0.1, 0.15) is 37.9 Å². The van der Waals surface area contributed by atoms with E-state index in [1.54, 1.807) is 30.5 Å². The molecule has 0 saturated heterocycles. The van der Waals surface area contributed by atoms with Crippen LogP contribution in [0.25, 0.3) is 0 Å². The summed E-state index contributed by atoms with van der Waals surface area (Å²) in [5.41, 5.74) is 2.10. The Hall–Kier alpha value is -2.77. The standard InChI is InChI=1S/C20H12BrClFN3O2/c21-11-6-14-17(16(7-11)25-19(27)10-2-1-5-24-9-10)18(26-20(14)28)13-8-12(23)3-4-15(13)22/h1-9,18H,(H,25,27)(H,26,28). The molecule has 0 radical (unpaired) electrons. The molecule has 0 aliphatic carbocycles. The van der Waals surface area contributed by atoms with Crippen LogP contribution < -0.4 is 10.6 Å². The number of carbonyl (C=O) groups is 2. The van der Waals surface area contributed by atoms with E-state index in [2.05, 4.69) is 31.5 Å². The van der Waals surface area contributed by atoms with Crippen LogP contribution in [0.3, 0.4) is 0 Å². The van der Waals surface area contributed by atoms with Gasteiger partial charge in [-0.3, -0.25) is 14.6 Å². The van der Waals surface area contributed by atoms with Crippen LogP contribution in [-0.2, 0) is 0 Å². The van der Waals surface area contributed by atoms with Crippen molar-refractivity contribution >= 4 is 45.0 Å². The van der Waals surface area contributed by atoms with E-state index in [9.17, 15) is 14.0 Å². The molecular weight excluding hydrogens is 449 g/mol. The number of nitrogens with zero attached hydrogens (tertiary/aromatic N) is 1. The first-order chi connectivity index (χ1) is 13.4. The molecule has 0 saturated carbocycles. The van der Waals surface area contributed by atoms with Crippen LogP contribution in [0, 0.1) is 5.82 Å². The molecule has 5 nitrogen and oxygen atoms in total. The van der Waals surface area contributed by atoms with E-state index in [0.29, 0.717) is 37.4 Å². The average molecular weight is 461 g/mol. The Balaban J connectivity index is 1.81. The Morgan fingerprint density at radius 2 is 2.07 bits per heavy atom. The number of aromatic nitrogens is 1. The molecule has 2 N–H and O–H groups in total. The molecule has 1 atom stereocenters. The predicted octanol–water partition coefficient (Wildman–Crippen LogP) is 4.72. The first-order valence-electron chi connectivity index (χ1n) is 8.24. The number of anilines is 1. The number of nitrogens with one attached hydrogen (secondary N) is 2. The van der Waals surface area contributed by atoms with Gasteiger partial charge >= 0.3 is 0 Å². The molecule has 1 aliphatic heterocycles. The molecular formula is C20H12BrClFN3O2. The summed E-state index contributed by atoms with van der Waals surface area (Å²) in [5.74, 6) is -1.18. The minimum atomic E-state index is -0.692. The molecule has 28 heavy (non-hydrogen) atoms. The summed E-state index contributed by atoms with van der Waals surface area (Å²) >= 11 is 9.61. The zero-order chi connectivity index (χ0) is 19.8. The number of hydrogen-bond acceptors (Lipinski definition) is 3. The molecule has 0 bridgehead atoms. The Labute approximate surface area is 173 Å². The molecule has 1 aromatic heterocycles. The summed E-state index contributed by atoms with van der Waals surface area (Å²) in [6.45, 7) is 0. The molecule has 2 amide bonds. The molecule has 140 valence electrons. The van der Waals surface area contributed by atoms with E-state index in [4.69, 9.17) is 11.6 Å². The number of pyridine rings is 1. The second-order valence-electron chi connectivity index (χ2n) is 6.18. The largest absolute Gasteiger partial charge is 0.341 e. The van der Waals surface area contributed by atoms with Crippen molar-refractivity contribution < 1.29 is 14.0 Å². The van der Waals surface area contributed by atoms with Crippen molar-refractivity contribution in [3.63, 3.8) is 0 Å². The van der Waals surface area contributed by atoms with Crippen LogP contribution in [0.2, 0.25) is 5.02 Å². The van der Waals surface area contributed by atoms with Gasteiger partial charge < -0.3 is 10.6 Å². The molecule has 1 unspecified atom stereocenters. The Bertz CT molecular complexity index is 1110. The highest BCUT2D eigenvalue weighted by Gasteiger charge is 2.34. The molecule has 8 heteroatoms. The molecule has 2 heterocycles. The van der Waals surface area contributed by atoms with Crippen molar-refractivity contribution in [1.82, 2.24) is 10.3 Å². The molecule has 3 aromatic rings. The Kier molecular flexibility index (Phi) is 4.87. The molecule has 4 rings (SSSR count). The van der Waals surface area contributed by atoms with Crippen LogP contribution in [0.5, 0.6) is 0 Å². The van der Waals surface area contributed by atoms with Gasteiger partial charge in [-0.1, -0.05) is 27.5 Å². The van der Waals surface area contributed by atoms with E-state index in [1.807, 2.05) is 0 Å². The monoisotopic (exact) mass is 459 g/mol. The van der Waals surface area contributed by atoms with Crippen molar-refractivity contribution in [2.24, 2.45) is 0 Å². The fourth-order valence-corrected chi connectivity index (χ4v) is 3.85. The lowest BCUT2D eigenvalue weighted by atomic mass is 9.96. The quantitative estimate of drug-likeness (QED) is 0.594. The van der Waals surface area contributed by atoms with Crippen molar-refractivity contribution in [3.8, 4) is 0 Å². The zero-order valence-corrected chi connectivity index (χ0v) is 16.5. The summed E-state index contributed by atoms with van der Waals surface area (Å²) in [6, 6.07) is 9.88. The normalized spacial score (nSPS) is 15.1. The number of rotatable bonds is 3. The third kappa shape index (κ3) is 3.39. The average Bonchev–Trinajstić information content (AvgIpc) is 3.01. The fourth-order valence-electron chi connectivity index (χ4n) is 3.16. The zero-order valence-electron chi connectivity index (χ0n) is 14.2. The molecule has 2 aromatic carbocycles. The number of halogens is 3. The van der Waals surface area contributed by atoms with E-state index in [0.717, 1.165) is 0 Å². The van der Waals surface area contributed by atoms with E-state index in [1.165, 1.54) is 24.4 Å². The Morgan fingerprint density at radius 3 is 2.82 bits per heavy atom. The summed E-state index contributed by atoms with van der Waals surface area (Å²) in [7, 11) is 0. The third-order valence-electron chi connectivity index (χ3n) is 4.39. The van der Waals surface area contributed by atoms with Gasteiger partial charge in [-0.2, -0.15) is 0 Å². The van der Waals surface area contributed by atoms with Gasteiger partial charge in [0.15, 0.2) is 0 Å². The number of hydrogen-bond donors (Lipinski definition) is 2.